The molecule has 2 aromatic carbocycles. The van der Waals surface area contributed by atoms with Crippen molar-refractivity contribution in [1.82, 2.24) is 4.90 Å². The normalized spacial score (nSPS) is 10.4. The summed E-state index contributed by atoms with van der Waals surface area (Å²) in [7, 11) is 0. The molecule has 1 N–H and O–H groups in total. The van der Waals surface area contributed by atoms with Crippen LogP contribution < -0.4 is 5.32 Å². The van der Waals surface area contributed by atoms with Crippen LogP contribution in [-0.4, -0.2) is 35.6 Å². The van der Waals surface area contributed by atoms with Crippen LogP contribution in [-0.2, 0) is 10.5 Å². The molecule has 0 saturated carbocycles. The highest BCUT2D eigenvalue weighted by Gasteiger charge is 2.13. The van der Waals surface area contributed by atoms with Crippen LogP contribution in [0.2, 0.25) is 0 Å². The fourth-order valence-corrected chi connectivity index (χ4v) is 3.73. The number of nitrogens with zero attached hydrogens (tertiary/aromatic N) is 1. The summed E-state index contributed by atoms with van der Waals surface area (Å²) in [5.74, 6) is 1.04. The molecule has 26 heavy (non-hydrogen) atoms. The number of halogens is 1. The molecule has 0 saturated heterocycles. The number of carbonyl (C=O) groups is 2. The first kappa shape index (κ1) is 20.5. The highest BCUT2D eigenvalue weighted by atomic mass is 79.9. The van der Waals surface area contributed by atoms with Crippen LogP contribution in [0.25, 0.3) is 0 Å². The quantitative estimate of drug-likeness (QED) is 0.648. The van der Waals surface area contributed by atoms with E-state index in [1.807, 2.05) is 38.1 Å². The van der Waals surface area contributed by atoms with E-state index < -0.39 is 0 Å². The Bertz CT molecular complexity index is 763. The van der Waals surface area contributed by atoms with E-state index in [0.29, 0.717) is 30.1 Å². The number of amides is 2. The minimum atomic E-state index is -0.0718. The van der Waals surface area contributed by atoms with Gasteiger partial charge in [-0.05, 0) is 49.7 Å². The van der Waals surface area contributed by atoms with Crippen molar-refractivity contribution in [3.63, 3.8) is 0 Å². The minimum Gasteiger partial charge on any atom is -0.339 e. The Kier molecular flexibility index (Phi) is 8.19. The number of hydrogen-bond donors (Lipinski definition) is 1. The fraction of sp³-hybridized carbons (Fsp3) is 0.300. The van der Waals surface area contributed by atoms with Gasteiger partial charge < -0.3 is 10.2 Å². The summed E-state index contributed by atoms with van der Waals surface area (Å²) in [5, 5.41) is 2.87. The smallest absolute Gasteiger partial charge is 0.253 e. The lowest BCUT2D eigenvalue weighted by Gasteiger charge is -2.19. The molecule has 0 aromatic heterocycles. The van der Waals surface area contributed by atoms with Crippen molar-refractivity contribution in [3.8, 4) is 0 Å². The van der Waals surface area contributed by atoms with Gasteiger partial charge in [0.1, 0.15) is 0 Å². The SMILES string of the molecule is CCN(CC)C(=O)c1cccc(NC(=O)CSCc2cccc(Br)c2)c1. The van der Waals surface area contributed by atoms with Gasteiger partial charge in [-0.25, -0.2) is 0 Å². The lowest BCUT2D eigenvalue weighted by atomic mass is 10.1. The zero-order valence-electron chi connectivity index (χ0n) is 15.0. The molecule has 138 valence electrons. The Hall–Kier alpha value is -1.79. The molecule has 0 fully saturated rings. The Morgan fingerprint density at radius 1 is 1.08 bits per heavy atom. The van der Waals surface area contributed by atoms with Gasteiger partial charge in [-0.1, -0.05) is 34.1 Å². The standard InChI is InChI=1S/C20H23BrN2O2S/c1-3-23(4-2)20(25)16-8-6-10-18(12-16)22-19(24)14-26-13-15-7-5-9-17(21)11-15/h5-12H,3-4,13-14H2,1-2H3,(H,22,24). The third-order valence-electron chi connectivity index (χ3n) is 3.83. The second-order valence-electron chi connectivity index (χ2n) is 5.73. The maximum absolute atomic E-state index is 12.4. The molecule has 2 aromatic rings. The lowest BCUT2D eigenvalue weighted by Crippen LogP contribution is -2.30. The number of anilines is 1. The van der Waals surface area contributed by atoms with Gasteiger partial charge in [0.15, 0.2) is 0 Å². The average Bonchev–Trinajstić information content (AvgIpc) is 2.63. The van der Waals surface area contributed by atoms with Crippen molar-refractivity contribution in [2.45, 2.75) is 19.6 Å². The molecule has 2 amide bonds. The average molecular weight is 435 g/mol. The number of benzene rings is 2. The number of rotatable bonds is 8. The highest BCUT2D eigenvalue weighted by molar-refractivity contribution is 9.10. The maximum Gasteiger partial charge on any atom is 0.253 e. The molecule has 0 spiro atoms. The zero-order chi connectivity index (χ0) is 18.9. The van der Waals surface area contributed by atoms with Crippen LogP contribution >= 0.6 is 27.7 Å². The predicted octanol–water partition coefficient (Wildman–Crippen LogP) is 4.80. The van der Waals surface area contributed by atoms with Gasteiger partial charge in [0.25, 0.3) is 5.91 Å². The van der Waals surface area contributed by atoms with Gasteiger partial charge in [0, 0.05) is 34.6 Å². The number of hydrogen-bond acceptors (Lipinski definition) is 3. The first-order valence-corrected chi connectivity index (χ1v) is 10.5. The number of nitrogens with one attached hydrogen (secondary N) is 1. The molecule has 0 radical (unpaired) electrons. The molecule has 0 aliphatic rings. The largest absolute Gasteiger partial charge is 0.339 e. The molecule has 0 atom stereocenters. The van der Waals surface area contributed by atoms with Gasteiger partial charge in [0.2, 0.25) is 5.91 Å². The summed E-state index contributed by atoms with van der Waals surface area (Å²) < 4.78 is 1.04. The maximum atomic E-state index is 12.4. The van der Waals surface area contributed by atoms with Gasteiger partial charge in [-0.3, -0.25) is 9.59 Å². The van der Waals surface area contributed by atoms with E-state index in [9.17, 15) is 9.59 Å². The molecular formula is C20H23BrN2O2S. The predicted molar refractivity (Wildman–Crippen MR) is 113 cm³/mol. The summed E-state index contributed by atoms with van der Waals surface area (Å²) in [6.07, 6.45) is 0. The highest BCUT2D eigenvalue weighted by Crippen LogP contribution is 2.18. The van der Waals surface area contributed by atoms with Crippen molar-refractivity contribution < 1.29 is 9.59 Å². The van der Waals surface area contributed by atoms with Crippen LogP contribution in [0, 0.1) is 0 Å². The molecule has 0 unspecified atom stereocenters. The second-order valence-corrected chi connectivity index (χ2v) is 7.63. The summed E-state index contributed by atoms with van der Waals surface area (Å²) >= 11 is 5.00. The number of carbonyl (C=O) groups excluding carboxylic acids is 2. The first-order chi connectivity index (χ1) is 12.5. The van der Waals surface area contributed by atoms with E-state index in [2.05, 4.69) is 21.2 Å². The Morgan fingerprint density at radius 2 is 1.81 bits per heavy atom. The molecule has 4 nitrogen and oxygen atoms in total. The monoisotopic (exact) mass is 434 g/mol. The van der Waals surface area contributed by atoms with E-state index in [1.165, 1.54) is 5.56 Å². The van der Waals surface area contributed by atoms with Crippen LogP contribution in [0.3, 0.4) is 0 Å². The van der Waals surface area contributed by atoms with Crippen LogP contribution in [0.4, 0.5) is 5.69 Å². The van der Waals surface area contributed by atoms with Gasteiger partial charge >= 0.3 is 0 Å². The van der Waals surface area contributed by atoms with Crippen molar-refractivity contribution in [1.29, 1.82) is 0 Å². The fourth-order valence-electron chi connectivity index (χ4n) is 2.51. The minimum absolute atomic E-state index is 0.0184. The summed E-state index contributed by atoms with van der Waals surface area (Å²) in [5.41, 5.74) is 2.41. The van der Waals surface area contributed by atoms with Crippen molar-refractivity contribution in [3.05, 3.63) is 64.1 Å². The molecule has 0 bridgehead atoms. The van der Waals surface area contributed by atoms with E-state index in [1.54, 1.807) is 40.9 Å². The molecule has 0 aliphatic carbocycles. The lowest BCUT2D eigenvalue weighted by molar-refractivity contribution is -0.113. The Morgan fingerprint density at radius 3 is 2.50 bits per heavy atom. The molecule has 0 aliphatic heterocycles. The second kappa shape index (κ2) is 10.4. The van der Waals surface area contributed by atoms with Crippen molar-refractivity contribution >= 4 is 45.2 Å². The molecule has 0 heterocycles. The Balaban J connectivity index is 1.88. The summed E-state index contributed by atoms with van der Waals surface area (Å²) in [6, 6.07) is 15.2. The first-order valence-electron chi connectivity index (χ1n) is 8.54. The van der Waals surface area contributed by atoms with E-state index in [4.69, 9.17) is 0 Å². The van der Waals surface area contributed by atoms with Crippen LogP contribution in [0.5, 0.6) is 0 Å². The van der Waals surface area contributed by atoms with Gasteiger partial charge in [-0.2, -0.15) is 0 Å². The van der Waals surface area contributed by atoms with Crippen LogP contribution in [0.15, 0.2) is 53.0 Å². The van der Waals surface area contributed by atoms with Crippen molar-refractivity contribution in [2.24, 2.45) is 0 Å². The topological polar surface area (TPSA) is 49.4 Å². The van der Waals surface area contributed by atoms with E-state index in [0.717, 1.165) is 10.2 Å². The zero-order valence-corrected chi connectivity index (χ0v) is 17.4. The van der Waals surface area contributed by atoms with E-state index >= 15 is 0 Å². The van der Waals surface area contributed by atoms with E-state index in [-0.39, 0.29) is 11.8 Å². The summed E-state index contributed by atoms with van der Waals surface area (Å²) in [4.78, 5) is 26.3. The van der Waals surface area contributed by atoms with Gasteiger partial charge in [0.05, 0.1) is 5.75 Å². The Labute approximate surface area is 167 Å². The summed E-state index contributed by atoms with van der Waals surface area (Å²) in [6.45, 7) is 5.24. The molecule has 6 heteroatoms. The third kappa shape index (κ3) is 6.18. The van der Waals surface area contributed by atoms with Crippen LogP contribution in [0.1, 0.15) is 29.8 Å². The van der Waals surface area contributed by atoms with Crippen molar-refractivity contribution in [2.75, 3.05) is 24.2 Å². The number of thioether (sulfide) groups is 1. The molecular weight excluding hydrogens is 412 g/mol. The van der Waals surface area contributed by atoms with Gasteiger partial charge in [-0.15, -0.1) is 11.8 Å². The third-order valence-corrected chi connectivity index (χ3v) is 5.33. The molecule has 2 rings (SSSR count).